The van der Waals surface area contributed by atoms with Crippen LogP contribution in [-0.2, 0) is 9.53 Å². The molecule has 194 valence electrons. The van der Waals surface area contributed by atoms with Crippen LogP contribution in [0.25, 0.3) is 0 Å². The minimum absolute atomic E-state index is 0.0232. The van der Waals surface area contributed by atoms with E-state index in [1.807, 2.05) is 4.90 Å². The lowest BCUT2D eigenvalue weighted by molar-refractivity contribution is -0.136. The molecule has 2 N–H and O–H groups in total. The smallest absolute Gasteiger partial charge is 0.408 e. The lowest BCUT2D eigenvalue weighted by Gasteiger charge is -2.35. The van der Waals surface area contributed by atoms with Crippen LogP contribution in [0.3, 0.4) is 0 Å². The van der Waals surface area contributed by atoms with Crippen molar-refractivity contribution in [3.63, 3.8) is 0 Å². The monoisotopic (exact) mass is 513 g/mol. The van der Waals surface area contributed by atoms with Crippen LogP contribution in [0.2, 0.25) is 0 Å². The molecule has 8 nitrogen and oxygen atoms in total. The van der Waals surface area contributed by atoms with Gasteiger partial charge >= 0.3 is 6.09 Å². The number of thiazole rings is 1. The summed E-state index contributed by atoms with van der Waals surface area (Å²) in [5.41, 5.74) is 0.0144. The first kappa shape index (κ1) is 26.1. The number of aromatic hydroxyl groups is 1. The molecule has 0 bridgehead atoms. The number of hydrogen-bond donors (Lipinski definition) is 2. The van der Waals surface area contributed by atoms with Crippen LogP contribution >= 0.6 is 11.3 Å². The van der Waals surface area contributed by atoms with E-state index in [9.17, 15) is 19.5 Å². The van der Waals surface area contributed by atoms with Gasteiger partial charge in [-0.05, 0) is 64.5 Å². The number of rotatable bonds is 6. The largest absolute Gasteiger partial charge is 0.508 e. The van der Waals surface area contributed by atoms with E-state index in [-0.39, 0.29) is 29.4 Å². The molecule has 1 aliphatic carbocycles. The number of benzene rings is 1. The Kier molecular flexibility index (Phi) is 7.97. The zero-order valence-electron chi connectivity index (χ0n) is 21.2. The maximum atomic E-state index is 13.9. The van der Waals surface area contributed by atoms with Crippen molar-refractivity contribution in [2.24, 2.45) is 5.92 Å². The van der Waals surface area contributed by atoms with Crippen LogP contribution in [0, 0.1) is 5.92 Å². The molecule has 2 fully saturated rings. The highest BCUT2D eigenvalue weighted by molar-refractivity contribution is 7.10. The Morgan fingerprint density at radius 2 is 1.89 bits per heavy atom. The molecule has 1 saturated heterocycles. The van der Waals surface area contributed by atoms with E-state index < -0.39 is 17.7 Å². The third-order valence-corrected chi connectivity index (χ3v) is 7.69. The summed E-state index contributed by atoms with van der Waals surface area (Å²) >= 11 is 1.36. The summed E-state index contributed by atoms with van der Waals surface area (Å²) in [5, 5.41) is 15.0. The number of nitrogens with zero attached hydrogens (tertiary/aromatic N) is 2. The number of carbonyl (C=O) groups excluding carboxylic acids is 3. The molecule has 1 aromatic carbocycles. The van der Waals surface area contributed by atoms with Crippen molar-refractivity contribution in [3.05, 3.63) is 45.9 Å². The molecule has 4 rings (SSSR count). The Hall–Kier alpha value is -2.94. The molecule has 2 aliphatic rings. The van der Waals surface area contributed by atoms with Gasteiger partial charge in [-0.3, -0.25) is 9.59 Å². The van der Waals surface area contributed by atoms with Crippen LogP contribution < -0.4 is 5.32 Å². The lowest BCUT2D eigenvalue weighted by Crippen LogP contribution is -2.53. The first-order valence-corrected chi connectivity index (χ1v) is 13.6. The number of likely N-dealkylation sites (tertiary alicyclic amines) is 1. The van der Waals surface area contributed by atoms with Crippen molar-refractivity contribution in [2.45, 2.75) is 83.4 Å². The molecular formula is C27H35N3O5S. The van der Waals surface area contributed by atoms with Crippen molar-refractivity contribution in [1.29, 1.82) is 0 Å². The van der Waals surface area contributed by atoms with Crippen molar-refractivity contribution >= 4 is 29.1 Å². The van der Waals surface area contributed by atoms with E-state index in [0.29, 0.717) is 22.8 Å². The molecule has 0 radical (unpaired) electrons. The molecular weight excluding hydrogens is 478 g/mol. The quantitative estimate of drug-likeness (QED) is 0.513. The van der Waals surface area contributed by atoms with Gasteiger partial charge < -0.3 is 20.1 Å². The lowest BCUT2D eigenvalue weighted by atomic mass is 9.83. The third-order valence-electron chi connectivity index (χ3n) is 6.74. The number of hydrogen-bond acceptors (Lipinski definition) is 7. The van der Waals surface area contributed by atoms with Gasteiger partial charge in [0.25, 0.3) is 0 Å². The molecule has 1 aromatic heterocycles. The minimum atomic E-state index is -0.653. The number of phenols is 1. The minimum Gasteiger partial charge on any atom is -0.508 e. The number of aromatic nitrogens is 1. The molecule has 1 aliphatic heterocycles. The molecule has 9 heteroatoms. The van der Waals surface area contributed by atoms with E-state index in [0.717, 1.165) is 44.9 Å². The predicted octanol–water partition coefficient (Wildman–Crippen LogP) is 5.22. The average molecular weight is 514 g/mol. The molecule has 0 unspecified atom stereocenters. The summed E-state index contributed by atoms with van der Waals surface area (Å²) in [4.78, 5) is 45.8. The summed E-state index contributed by atoms with van der Waals surface area (Å²) in [6.07, 6.45) is 6.02. The van der Waals surface area contributed by atoms with Crippen molar-refractivity contribution < 1.29 is 24.2 Å². The number of carbonyl (C=O) groups is 3. The number of amides is 2. The van der Waals surface area contributed by atoms with Crippen molar-refractivity contribution in [2.75, 3.05) is 6.54 Å². The molecule has 1 saturated carbocycles. The Balaban J connectivity index is 1.53. The Morgan fingerprint density at radius 3 is 2.58 bits per heavy atom. The van der Waals surface area contributed by atoms with Crippen molar-refractivity contribution in [3.8, 4) is 5.75 Å². The standard InChI is InChI=1S/C27H35N3O5S/c1-27(2,3)35-26(34)29-22(17-9-5-4-6-10-17)25(33)30-14-8-13-21(30)24-28-20(16-36-24)23(32)18-11-7-12-19(31)15-18/h7,11-12,15-17,21-22,31H,4-6,8-10,13-14H2,1-3H3,(H,29,34)/t21-,22-/m0/s1. The second kappa shape index (κ2) is 11.0. The van der Waals surface area contributed by atoms with Gasteiger partial charge in [0.1, 0.15) is 28.1 Å². The second-order valence-corrected chi connectivity index (χ2v) is 11.6. The van der Waals surface area contributed by atoms with E-state index in [1.165, 1.54) is 23.5 Å². The van der Waals surface area contributed by atoms with E-state index in [4.69, 9.17) is 4.74 Å². The fraction of sp³-hybridized carbons (Fsp3) is 0.556. The highest BCUT2D eigenvalue weighted by Crippen LogP contribution is 2.36. The molecule has 2 amide bonds. The highest BCUT2D eigenvalue weighted by atomic mass is 32.1. The molecule has 2 heterocycles. The fourth-order valence-corrected chi connectivity index (χ4v) is 6.03. The SMILES string of the molecule is CC(C)(C)OC(=O)N[C@H](C(=O)N1CCC[C@H]1c1nc(C(=O)c2cccc(O)c2)cs1)C1CCCCC1. The van der Waals surface area contributed by atoms with Crippen LogP contribution in [0.5, 0.6) is 5.75 Å². The van der Waals surface area contributed by atoms with E-state index in [2.05, 4.69) is 10.3 Å². The predicted molar refractivity (Wildman–Crippen MR) is 137 cm³/mol. The van der Waals surface area contributed by atoms with E-state index >= 15 is 0 Å². The Bertz CT molecular complexity index is 1100. The number of phenolic OH excluding ortho intramolecular Hbond substituents is 1. The second-order valence-electron chi connectivity index (χ2n) is 10.7. The number of alkyl carbamates (subject to hydrolysis) is 1. The van der Waals surface area contributed by atoms with Gasteiger partial charge in [-0.2, -0.15) is 0 Å². The normalized spacial score (nSPS) is 19.6. The van der Waals surface area contributed by atoms with Gasteiger partial charge in [0.2, 0.25) is 11.7 Å². The first-order chi connectivity index (χ1) is 17.1. The number of ketones is 1. The third kappa shape index (κ3) is 6.24. The zero-order valence-corrected chi connectivity index (χ0v) is 22.0. The summed E-state index contributed by atoms with van der Waals surface area (Å²) in [5.74, 6) is -0.281. The first-order valence-electron chi connectivity index (χ1n) is 12.7. The number of ether oxygens (including phenoxy) is 1. The van der Waals surface area contributed by atoms with Gasteiger partial charge in [-0.25, -0.2) is 9.78 Å². The van der Waals surface area contributed by atoms with Crippen molar-refractivity contribution in [1.82, 2.24) is 15.2 Å². The molecule has 2 aromatic rings. The topological polar surface area (TPSA) is 109 Å². The zero-order chi connectivity index (χ0) is 25.9. The van der Waals surface area contributed by atoms with Gasteiger partial charge in [-0.15, -0.1) is 11.3 Å². The number of nitrogens with one attached hydrogen (secondary N) is 1. The molecule has 2 atom stereocenters. The van der Waals surface area contributed by atoms with Crippen LogP contribution in [0.15, 0.2) is 29.6 Å². The van der Waals surface area contributed by atoms with Crippen LogP contribution in [0.1, 0.15) is 92.8 Å². The van der Waals surface area contributed by atoms with Gasteiger partial charge in [0, 0.05) is 17.5 Å². The Labute approximate surface area is 216 Å². The summed E-state index contributed by atoms with van der Waals surface area (Å²) in [7, 11) is 0. The van der Waals surface area contributed by atoms with Gasteiger partial charge in [0.15, 0.2) is 0 Å². The van der Waals surface area contributed by atoms with Crippen LogP contribution in [0.4, 0.5) is 4.79 Å². The highest BCUT2D eigenvalue weighted by Gasteiger charge is 2.40. The Morgan fingerprint density at radius 1 is 1.14 bits per heavy atom. The summed E-state index contributed by atoms with van der Waals surface area (Å²) in [6, 6.07) is 5.32. The van der Waals surface area contributed by atoms with Gasteiger partial charge in [-0.1, -0.05) is 31.4 Å². The summed E-state index contributed by atoms with van der Waals surface area (Å²) in [6.45, 7) is 5.99. The summed E-state index contributed by atoms with van der Waals surface area (Å²) < 4.78 is 5.48. The molecule has 36 heavy (non-hydrogen) atoms. The average Bonchev–Trinajstić information content (AvgIpc) is 3.51. The van der Waals surface area contributed by atoms with Gasteiger partial charge in [0.05, 0.1) is 6.04 Å². The van der Waals surface area contributed by atoms with Crippen LogP contribution in [-0.4, -0.2) is 51.0 Å². The maximum Gasteiger partial charge on any atom is 0.408 e. The fourth-order valence-electron chi connectivity index (χ4n) is 5.09. The van der Waals surface area contributed by atoms with E-state index in [1.54, 1.807) is 38.3 Å². The molecule has 0 spiro atoms. The maximum absolute atomic E-state index is 13.9.